The first-order valence-corrected chi connectivity index (χ1v) is 6.79. The fourth-order valence-electron chi connectivity index (χ4n) is 2.15. The minimum absolute atomic E-state index is 0.263. The van der Waals surface area contributed by atoms with Gasteiger partial charge in [-0.2, -0.15) is 5.10 Å². The number of hydrogen-bond donors (Lipinski definition) is 1. The van der Waals surface area contributed by atoms with Crippen molar-refractivity contribution < 1.29 is 9.50 Å². The number of aryl methyl sites for hydroxylation is 2. The van der Waals surface area contributed by atoms with Gasteiger partial charge in [-0.1, -0.05) is 11.6 Å². The number of aromatic nitrogens is 3. The summed E-state index contributed by atoms with van der Waals surface area (Å²) in [7, 11) is 0. The van der Waals surface area contributed by atoms with Gasteiger partial charge < -0.3 is 5.11 Å². The molecule has 1 unspecified atom stereocenters. The van der Waals surface area contributed by atoms with Crippen molar-refractivity contribution in [2.24, 2.45) is 0 Å². The van der Waals surface area contributed by atoms with E-state index in [-0.39, 0.29) is 6.42 Å². The van der Waals surface area contributed by atoms with Crippen LogP contribution in [-0.4, -0.2) is 19.9 Å². The topological polar surface area (TPSA) is 50.9 Å². The third-order valence-electron chi connectivity index (χ3n) is 3.24. The summed E-state index contributed by atoms with van der Waals surface area (Å²) in [4.78, 5) is 3.94. The van der Waals surface area contributed by atoms with Crippen LogP contribution in [0.3, 0.4) is 0 Å². The predicted molar refractivity (Wildman–Crippen MR) is 75.1 cm³/mol. The van der Waals surface area contributed by atoms with E-state index < -0.39 is 11.4 Å². The molecule has 2 heterocycles. The van der Waals surface area contributed by atoms with E-state index >= 15 is 0 Å². The number of nitrogens with zero attached hydrogens (tertiary/aromatic N) is 3. The van der Waals surface area contributed by atoms with Gasteiger partial charge in [-0.3, -0.25) is 9.67 Å². The molecule has 2 rings (SSSR count). The molecule has 0 aliphatic carbocycles. The van der Waals surface area contributed by atoms with Gasteiger partial charge in [-0.25, -0.2) is 4.39 Å². The van der Waals surface area contributed by atoms with Crippen LogP contribution in [0.5, 0.6) is 0 Å². The molecule has 0 saturated heterocycles. The van der Waals surface area contributed by atoms with Crippen molar-refractivity contribution in [2.45, 2.75) is 39.3 Å². The van der Waals surface area contributed by atoms with Crippen molar-refractivity contribution in [1.82, 2.24) is 14.8 Å². The molecule has 108 valence electrons. The molecule has 1 atom stereocenters. The van der Waals surface area contributed by atoms with Crippen LogP contribution in [-0.2, 0) is 18.6 Å². The number of halogens is 2. The summed E-state index contributed by atoms with van der Waals surface area (Å²) in [6, 6.07) is 2.75. The van der Waals surface area contributed by atoms with E-state index in [1.807, 2.05) is 13.8 Å². The van der Waals surface area contributed by atoms with Crippen LogP contribution < -0.4 is 0 Å². The third kappa shape index (κ3) is 2.83. The van der Waals surface area contributed by atoms with Crippen LogP contribution in [0.4, 0.5) is 4.39 Å². The Morgan fingerprint density at radius 1 is 1.45 bits per heavy atom. The molecule has 0 fully saturated rings. The summed E-state index contributed by atoms with van der Waals surface area (Å²) >= 11 is 6.24. The summed E-state index contributed by atoms with van der Waals surface area (Å²) < 4.78 is 14.7. The maximum atomic E-state index is 12.9. The molecule has 0 amide bonds. The highest BCUT2D eigenvalue weighted by Crippen LogP contribution is 2.29. The molecule has 0 aliphatic rings. The van der Waals surface area contributed by atoms with Gasteiger partial charge in [0.1, 0.15) is 11.4 Å². The van der Waals surface area contributed by atoms with Crippen LogP contribution in [0.2, 0.25) is 5.02 Å². The maximum absolute atomic E-state index is 12.9. The van der Waals surface area contributed by atoms with Gasteiger partial charge in [-0.05, 0) is 32.9 Å². The monoisotopic (exact) mass is 297 g/mol. The van der Waals surface area contributed by atoms with Gasteiger partial charge in [-0.15, -0.1) is 0 Å². The zero-order chi connectivity index (χ0) is 14.9. The van der Waals surface area contributed by atoms with Crippen LogP contribution in [0.15, 0.2) is 18.3 Å². The maximum Gasteiger partial charge on any atom is 0.141 e. The second-order valence-corrected chi connectivity index (χ2v) is 5.35. The molecule has 6 heteroatoms. The third-order valence-corrected chi connectivity index (χ3v) is 3.74. The van der Waals surface area contributed by atoms with Crippen molar-refractivity contribution in [3.63, 3.8) is 0 Å². The highest BCUT2D eigenvalue weighted by molar-refractivity contribution is 6.31. The second-order valence-electron chi connectivity index (χ2n) is 4.97. The molecule has 0 radical (unpaired) electrons. The molecule has 0 bridgehead atoms. The highest BCUT2D eigenvalue weighted by atomic mass is 35.5. The Morgan fingerprint density at radius 3 is 2.70 bits per heavy atom. The van der Waals surface area contributed by atoms with Gasteiger partial charge in [0.25, 0.3) is 0 Å². The highest BCUT2D eigenvalue weighted by Gasteiger charge is 2.29. The predicted octanol–water partition coefficient (Wildman–Crippen LogP) is 2.85. The lowest BCUT2D eigenvalue weighted by Gasteiger charge is -2.23. The molecule has 2 aromatic rings. The minimum atomic E-state index is -1.24. The Balaban J connectivity index is 2.35. The molecule has 20 heavy (non-hydrogen) atoms. The fourth-order valence-corrected chi connectivity index (χ4v) is 2.35. The summed E-state index contributed by atoms with van der Waals surface area (Å²) in [6.07, 6.45) is 1.35. The van der Waals surface area contributed by atoms with Crippen LogP contribution in [0, 0.1) is 12.7 Å². The molecular weight excluding hydrogens is 281 g/mol. The fraction of sp³-hybridized carbons (Fsp3) is 0.429. The Kier molecular flexibility index (Phi) is 4.11. The first-order valence-electron chi connectivity index (χ1n) is 6.41. The Hall–Kier alpha value is -1.46. The van der Waals surface area contributed by atoms with Crippen LogP contribution in [0.1, 0.15) is 30.9 Å². The van der Waals surface area contributed by atoms with Crippen molar-refractivity contribution in [1.29, 1.82) is 0 Å². The molecule has 0 spiro atoms. The van der Waals surface area contributed by atoms with E-state index in [4.69, 9.17) is 11.6 Å². The average molecular weight is 298 g/mol. The van der Waals surface area contributed by atoms with Gasteiger partial charge in [0.15, 0.2) is 0 Å². The van der Waals surface area contributed by atoms with E-state index in [0.29, 0.717) is 17.3 Å². The van der Waals surface area contributed by atoms with E-state index in [1.165, 1.54) is 12.1 Å². The van der Waals surface area contributed by atoms with E-state index in [0.717, 1.165) is 17.6 Å². The molecule has 0 aliphatic heterocycles. The standard InChI is InChI=1S/C14H17ClFN3O/c1-4-19-11(13(15)9(2)18-19)7-14(3,20)12-6-5-10(16)8-17-12/h5-6,8,20H,4,7H2,1-3H3. The smallest absolute Gasteiger partial charge is 0.141 e. The zero-order valence-corrected chi connectivity index (χ0v) is 12.4. The van der Waals surface area contributed by atoms with Crippen LogP contribution in [0.25, 0.3) is 0 Å². The minimum Gasteiger partial charge on any atom is -0.383 e. The average Bonchev–Trinajstić information content (AvgIpc) is 2.66. The Labute approximate surface area is 122 Å². The normalized spacial score (nSPS) is 14.3. The Bertz CT molecular complexity index is 608. The molecular formula is C14H17ClFN3O. The zero-order valence-electron chi connectivity index (χ0n) is 11.7. The van der Waals surface area contributed by atoms with Gasteiger partial charge in [0, 0.05) is 13.0 Å². The first kappa shape index (κ1) is 14.9. The number of pyridine rings is 1. The molecule has 1 N–H and O–H groups in total. The summed E-state index contributed by atoms with van der Waals surface area (Å²) in [5.74, 6) is -0.433. The van der Waals surface area contributed by atoms with Gasteiger partial charge >= 0.3 is 0 Å². The largest absolute Gasteiger partial charge is 0.383 e. The summed E-state index contributed by atoms with van der Waals surface area (Å²) in [5, 5.41) is 15.5. The van der Waals surface area contributed by atoms with Gasteiger partial charge in [0.2, 0.25) is 0 Å². The van der Waals surface area contributed by atoms with E-state index in [9.17, 15) is 9.50 Å². The quantitative estimate of drug-likeness (QED) is 0.944. The molecule has 0 saturated carbocycles. The van der Waals surface area contributed by atoms with Crippen molar-refractivity contribution in [3.05, 3.63) is 46.3 Å². The lowest BCUT2D eigenvalue weighted by molar-refractivity contribution is 0.0507. The molecule has 0 aromatic carbocycles. The van der Waals surface area contributed by atoms with E-state index in [1.54, 1.807) is 11.6 Å². The van der Waals surface area contributed by atoms with Crippen molar-refractivity contribution in [2.75, 3.05) is 0 Å². The summed E-state index contributed by atoms with van der Waals surface area (Å²) in [6.45, 7) is 6.07. The van der Waals surface area contributed by atoms with Gasteiger partial charge in [0.05, 0.1) is 28.3 Å². The van der Waals surface area contributed by atoms with Crippen molar-refractivity contribution in [3.8, 4) is 0 Å². The number of hydrogen-bond acceptors (Lipinski definition) is 3. The lowest BCUT2D eigenvalue weighted by atomic mass is 9.95. The molecule has 2 aromatic heterocycles. The van der Waals surface area contributed by atoms with E-state index in [2.05, 4.69) is 10.1 Å². The first-order chi connectivity index (χ1) is 9.35. The number of aliphatic hydroxyl groups is 1. The SMILES string of the molecule is CCn1nc(C)c(Cl)c1CC(C)(O)c1ccc(F)cn1. The second kappa shape index (κ2) is 5.50. The summed E-state index contributed by atoms with van der Waals surface area (Å²) in [5.41, 5.74) is 0.641. The number of rotatable bonds is 4. The molecule has 4 nitrogen and oxygen atoms in total. The van der Waals surface area contributed by atoms with Crippen LogP contribution >= 0.6 is 11.6 Å². The lowest BCUT2D eigenvalue weighted by Crippen LogP contribution is -2.27. The van der Waals surface area contributed by atoms with Crippen molar-refractivity contribution >= 4 is 11.6 Å². The Morgan fingerprint density at radius 2 is 2.15 bits per heavy atom.